The molecule has 2 rings (SSSR count). The van der Waals surface area contributed by atoms with Gasteiger partial charge in [0.1, 0.15) is 6.33 Å². The van der Waals surface area contributed by atoms with Crippen LogP contribution in [0.1, 0.15) is 26.5 Å². The number of hydrogen-bond acceptors (Lipinski definition) is 3. The molecule has 3 heteroatoms. The van der Waals surface area contributed by atoms with Gasteiger partial charge in [-0.05, 0) is 12.1 Å². The topological polar surface area (TPSA) is 38.7 Å². The third-order valence-corrected chi connectivity index (χ3v) is 2.37. The van der Waals surface area contributed by atoms with Crippen molar-refractivity contribution < 1.29 is 0 Å². The summed E-state index contributed by atoms with van der Waals surface area (Å²) in [5.41, 5.74) is 3.02. The molecule has 0 fully saturated rings. The number of aromatic nitrogens is 3. The van der Waals surface area contributed by atoms with Gasteiger partial charge in [-0.3, -0.25) is 4.98 Å². The predicted octanol–water partition coefficient (Wildman–Crippen LogP) is 2.84. The van der Waals surface area contributed by atoms with E-state index in [1.54, 1.807) is 12.4 Å². The fourth-order valence-electron chi connectivity index (χ4n) is 1.44. The second-order valence-corrected chi connectivity index (χ2v) is 4.79. The average Bonchev–Trinajstić information content (AvgIpc) is 2.29. The monoisotopic (exact) mass is 213 g/mol. The average molecular weight is 213 g/mol. The van der Waals surface area contributed by atoms with Crippen molar-refractivity contribution in [3.8, 4) is 11.3 Å². The summed E-state index contributed by atoms with van der Waals surface area (Å²) in [7, 11) is 0. The molecule has 2 aromatic rings. The molecule has 0 saturated carbocycles. The van der Waals surface area contributed by atoms with Gasteiger partial charge in [0.15, 0.2) is 0 Å². The molecule has 0 aliphatic heterocycles. The highest BCUT2D eigenvalue weighted by atomic mass is 14.8. The van der Waals surface area contributed by atoms with E-state index >= 15 is 0 Å². The van der Waals surface area contributed by atoms with Crippen LogP contribution < -0.4 is 0 Å². The predicted molar refractivity (Wildman–Crippen MR) is 64.0 cm³/mol. The van der Waals surface area contributed by atoms with Gasteiger partial charge in [-0.15, -0.1) is 0 Å². The van der Waals surface area contributed by atoms with Crippen LogP contribution in [0.4, 0.5) is 0 Å². The van der Waals surface area contributed by atoms with Gasteiger partial charge in [-0.2, -0.15) is 0 Å². The molecule has 0 radical (unpaired) electrons. The smallest absolute Gasteiger partial charge is 0.115 e. The molecule has 0 aromatic carbocycles. The first-order chi connectivity index (χ1) is 7.57. The minimum Gasteiger partial charge on any atom is -0.252 e. The standard InChI is InChI=1S/C13H15N3/c1-13(2,3)12-6-4-5-11(16-12)10-7-14-9-15-8-10/h4-9H,1-3H3. The van der Waals surface area contributed by atoms with E-state index in [0.29, 0.717) is 0 Å². The molecular formula is C13H15N3. The van der Waals surface area contributed by atoms with Crippen molar-refractivity contribution in [2.75, 3.05) is 0 Å². The fourth-order valence-corrected chi connectivity index (χ4v) is 1.44. The molecule has 16 heavy (non-hydrogen) atoms. The number of rotatable bonds is 1. The molecule has 0 N–H and O–H groups in total. The summed E-state index contributed by atoms with van der Waals surface area (Å²) < 4.78 is 0. The Balaban J connectivity index is 2.45. The number of nitrogens with zero attached hydrogens (tertiary/aromatic N) is 3. The van der Waals surface area contributed by atoms with Crippen molar-refractivity contribution in [2.45, 2.75) is 26.2 Å². The number of hydrogen-bond donors (Lipinski definition) is 0. The highest BCUT2D eigenvalue weighted by Crippen LogP contribution is 2.23. The Kier molecular flexibility index (Phi) is 2.69. The Morgan fingerprint density at radius 2 is 1.69 bits per heavy atom. The third kappa shape index (κ3) is 2.24. The third-order valence-electron chi connectivity index (χ3n) is 2.37. The van der Waals surface area contributed by atoms with Gasteiger partial charge in [0.2, 0.25) is 0 Å². The zero-order valence-electron chi connectivity index (χ0n) is 9.81. The van der Waals surface area contributed by atoms with Crippen molar-refractivity contribution in [2.24, 2.45) is 0 Å². The molecule has 0 saturated heterocycles. The minimum atomic E-state index is 0.0612. The molecule has 0 spiro atoms. The van der Waals surface area contributed by atoms with Crippen LogP contribution in [0.15, 0.2) is 36.9 Å². The molecule has 3 nitrogen and oxygen atoms in total. The summed E-state index contributed by atoms with van der Waals surface area (Å²) in [5, 5.41) is 0. The van der Waals surface area contributed by atoms with E-state index in [-0.39, 0.29) is 5.41 Å². The fraction of sp³-hybridized carbons (Fsp3) is 0.308. The largest absolute Gasteiger partial charge is 0.252 e. The first-order valence-electron chi connectivity index (χ1n) is 5.30. The summed E-state index contributed by atoms with van der Waals surface area (Å²) in [5.74, 6) is 0. The zero-order chi connectivity index (χ0) is 11.6. The van der Waals surface area contributed by atoms with Gasteiger partial charge < -0.3 is 0 Å². The van der Waals surface area contributed by atoms with Crippen LogP contribution in [0.2, 0.25) is 0 Å². The van der Waals surface area contributed by atoms with Crippen LogP contribution in [-0.2, 0) is 5.41 Å². The van der Waals surface area contributed by atoms with Crippen molar-refractivity contribution >= 4 is 0 Å². The summed E-state index contributed by atoms with van der Waals surface area (Å²) >= 11 is 0. The zero-order valence-corrected chi connectivity index (χ0v) is 9.81. The van der Waals surface area contributed by atoms with Crippen LogP contribution in [0, 0.1) is 0 Å². The van der Waals surface area contributed by atoms with E-state index in [1.807, 2.05) is 18.2 Å². The van der Waals surface area contributed by atoms with E-state index in [1.165, 1.54) is 6.33 Å². The second-order valence-electron chi connectivity index (χ2n) is 4.79. The van der Waals surface area contributed by atoms with E-state index in [0.717, 1.165) is 17.0 Å². The summed E-state index contributed by atoms with van der Waals surface area (Å²) in [6.07, 6.45) is 5.08. The van der Waals surface area contributed by atoms with Crippen molar-refractivity contribution in [3.05, 3.63) is 42.6 Å². The lowest BCUT2D eigenvalue weighted by molar-refractivity contribution is 0.569. The van der Waals surface area contributed by atoms with Crippen LogP contribution in [0.25, 0.3) is 11.3 Å². The first kappa shape index (κ1) is 10.7. The summed E-state index contributed by atoms with van der Waals surface area (Å²) in [4.78, 5) is 12.6. The van der Waals surface area contributed by atoms with Gasteiger partial charge in [0, 0.05) is 29.1 Å². The lowest BCUT2D eigenvalue weighted by Gasteiger charge is -2.18. The first-order valence-corrected chi connectivity index (χ1v) is 5.30. The molecule has 0 bridgehead atoms. The van der Waals surface area contributed by atoms with E-state index in [2.05, 4.69) is 35.7 Å². The van der Waals surface area contributed by atoms with Crippen molar-refractivity contribution in [3.63, 3.8) is 0 Å². The van der Waals surface area contributed by atoms with Crippen LogP contribution in [-0.4, -0.2) is 15.0 Å². The normalized spacial score (nSPS) is 11.4. The van der Waals surface area contributed by atoms with Gasteiger partial charge >= 0.3 is 0 Å². The maximum absolute atomic E-state index is 4.63. The Bertz CT molecular complexity index is 472. The molecule has 0 aliphatic carbocycles. The molecule has 0 aliphatic rings. The highest BCUT2D eigenvalue weighted by Gasteiger charge is 2.15. The van der Waals surface area contributed by atoms with Crippen LogP contribution in [0.5, 0.6) is 0 Å². The second kappa shape index (κ2) is 4.00. The van der Waals surface area contributed by atoms with Crippen LogP contribution >= 0.6 is 0 Å². The summed E-state index contributed by atoms with van der Waals surface area (Å²) in [6, 6.07) is 6.05. The lowest BCUT2D eigenvalue weighted by Crippen LogP contribution is -2.13. The molecular weight excluding hydrogens is 198 g/mol. The Morgan fingerprint density at radius 1 is 1.00 bits per heavy atom. The van der Waals surface area contributed by atoms with Crippen molar-refractivity contribution in [1.82, 2.24) is 15.0 Å². The Morgan fingerprint density at radius 3 is 2.31 bits per heavy atom. The maximum atomic E-state index is 4.63. The highest BCUT2D eigenvalue weighted by molar-refractivity contribution is 5.56. The molecule has 82 valence electrons. The Hall–Kier alpha value is -1.77. The summed E-state index contributed by atoms with van der Waals surface area (Å²) in [6.45, 7) is 6.46. The minimum absolute atomic E-state index is 0.0612. The molecule has 2 heterocycles. The van der Waals surface area contributed by atoms with Gasteiger partial charge in [0.25, 0.3) is 0 Å². The van der Waals surface area contributed by atoms with Crippen molar-refractivity contribution in [1.29, 1.82) is 0 Å². The molecule has 0 unspecified atom stereocenters. The van der Waals surface area contributed by atoms with Crippen LogP contribution in [0.3, 0.4) is 0 Å². The van der Waals surface area contributed by atoms with Gasteiger partial charge in [0.05, 0.1) is 5.69 Å². The SMILES string of the molecule is CC(C)(C)c1cccc(-c2cncnc2)n1. The quantitative estimate of drug-likeness (QED) is 0.731. The van der Waals surface area contributed by atoms with E-state index < -0.39 is 0 Å². The lowest BCUT2D eigenvalue weighted by atomic mass is 9.91. The molecule has 2 aromatic heterocycles. The Labute approximate surface area is 95.6 Å². The van der Waals surface area contributed by atoms with Gasteiger partial charge in [-0.25, -0.2) is 9.97 Å². The molecule has 0 amide bonds. The van der Waals surface area contributed by atoms with E-state index in [4.69, 9.17) is 0 Å². The maximum Gasteiger partial charge on any atom is 0.115 e. The van der Waals surface area contributed by atoms with E-state index in [9.17, 15) is 0 Å². The van der Waals surface area contributed by atoms with Gasteiger partial charge in [-0.1, -0.05) is 26.8 Å². The molecule has 0 atom stereocenters. The number of pyridine rings is 1.